The number of amides is 1. The van der Waals surface area contributed by atoms with E-state index in [0.29, 0.717) is 16.9 Å². The molecule has 0 heterocycles. The minimum Gasteiger partial charge on any atom is -0.497 e. The van der Waals surface area contributed by atoms with Gasteiger partial charge in [0, 0.05) is 6.08 Å². The van der Waals surface area contributed by atoms with Crippen LogP contribution in [0.1, 0.15) is 22.8 Å². The highest BCUT2D eigenvalue weighted by Crippen LogP contribution is 2.15. The molecule has 1 atom stereocenters. The maximum atomic E-state index is 12.1. The highest BCUT2D eigenvalue weighted by Gasteiger charge is 2.15. The minimum atomic E-state index is -1.32. The second-order valence-electron chi connectivity index (χ2n) is 6.65. The van der Waals surface area contributed by atoms with E-state index in [1.54, 1.807) is 79.9 Å². The van der Waals surface area contributed by atoms with Gasteiger partial charge in [-0.2, -0.15) is 5.10 Å². The van der Waals surface area contributed by atoms with Gasteiger partial charge < -0.3 is 14.6 Å². The molecule has 32 heavy (non-hydrogen) atoms. The Morgan fingerprint density at radius 2 is 1.69 bits per heavy atom. The fourth-order valence-corrected chi connectivity index (χ4v) is 2.71. The average Bonchev–Trinajstić information content (AvgIpc) is 2.83. The smallest absolute Gasteiger partial charge is 0.336 e. The molecule has 3 rings (SSSR count). The number of ether oxygens (including phenoxy) is 2. The van der Waals surface area contributed by atoms with Crippen LogP contribution in [0, 0.1) is 0 Å². The van der Waals surface area contributed by atoms with E-state index in [4.69, 9.17) is 9.47 Å². The largest absolute Gasteiger partial charge is 0.497 e. The van der Waals surface area contributed by atoms with Gasteiger partial charge in [0.2, 0.25) is 0 Å². The van der Waals surface area contributed by atoms with Crippen molar-refractivity contribution in [1.82, 2.24) is 5.43 Å². The molecule has 0 unspecified atom stereocenters. The van der Waals surface area contributed by atoms with Crippen molar-refractivity contribution in [1.29, 1.82) is 0 Å². The zero-order valence-electron chi connectivity index (χ0n) is 17.3. The monoisotopic (exact) mass is 430 g/mol. The number of benzene rings is 3. The van der Waals surface area contributed by atoms with Gasteiger partial charge >= 0.3 is 5.97 Å². The summed E-state index contributed by atoms with van der Waals surface area (Å²) in [5.74, 6) is -0.129. The van der Waals surface area contributed by atoms with Gasteiger partial charge in [-0.05, 0) is 47.0 Å². The topological polar surface area (TPSA) is 97.2 Å². The van der Waals surface area contributed by atoms with Crippen LogP contribution in [0.15, 0.2) is 90.0 Å². The van der Waals surface area contributed by atoms with Gasteiger partial charge in [0.25, 0.3) is 5.91 Å². The van der Waals surface area contributed by atoms with E-state index in [1.807, 2.05) is 12.1 Å². The highest BCUT2D eigenvalue weighted by molar-refractivity contribution is 5.89. The van der Waals surface area contributed by atoms with Gasteiger partial charge in [0.05, 0.1) is 13.3 Å². The van der Waals surface area contributed by atoms with Gasteiger partial charge in [-0.25, -0.2) is 10.2 Å². The van der Waals surface area contributed by atoms with Gasteiger partial charge in [0.1, 0.15) is 11.5 Å². The van der Waals surface area contributed by atoms with E-state index >= 15 is 0 Å². The van der Waals surface area contributed by atoms with Crippen molar-refractivity contribution in [2.75, 3.05) is 7.11 Å². The molecule has 3 aromatic carbocycles. The van der Waals surface area contributed by atoms with Gasteiger partial charge in [-0.1, -0.05) is 54.6 Å². The molecule has 0 aliphatic carbocycles. The number of hydrazone groups is 1. The summed E-state index contributed by atoms with van der Waals surface area (Å²) in [6, 6.07) is 22.4. The van der Waals surface area contributed by atoms with Gasteiger partial charge in [0.15, 0.2) is 6.10 Å². The number of hydrogen-bond acceptors (Lipinski definition) is 6. The van der Waals surface area contributed by atoms with E-state index in [2.05, 4.69) is 10.5 Å². The predicted octanol–water partition coefficient (Wildman–Crippen LogP) is 3.50. The zero-order valence-corrected chi connectivity index (χ0v) is 17.3. The van der Waals surface area contributed by atoms with E-state index in [-0.39, 0.29) is 0 Å². The third kappa shape index (κ3) is 6.65. The summed E-state index contributed by atoms with van der Waals surface area (Å²) in [4.78, 5) is 24.1. The zero-order chi connectivity index (χ0) is 22.8. The number of esters is 1. The van der Waals surface area contributed by atoms with Crippen molar-refractivity contribution in [2.45, 2.75) is 6.10 Å². The quantitative estimate of drug-likeness (QED) is 0.187. The fraction of sp³-hybridized carbons (Fsp3) is 0.0800. The maximum Gasteiger partial charge on any atom is 0.336 e. The number of carbonyl (C=O) groups is 2. The molecule has 0 saturated heterocycles. The molecule has 1 amide bonds. The summed E-state index contributed by atoms with van der Waals surface area (Å²) in [6.45, 7) is 0. The Labute approximate surface area is 185 Å². The Morgan fingerprint density at radius 1 is 0.938 bits per heavy atom. The number of rotatable bonds is 8. The first-order valence-corrected chi connectivity index (χ1v) is 9.75. The highest BCUT2D eigenvalue weighted by atomic mass is 16.5. The van der Waals surface area contributed by atoms with Crippen LogP contribution in [0.25, 0.3) is 6.08 Å². The average molecular weight is 430 g/mol. The Morgan fingerprint density at radius 3 is 2.41 bits per heavy atom. The third-order valence-corrected chi connectivity index (χ3v) is 4.36. The van der Waals surface area contributed by atoms with Crippen LogP contribution >= 0.6 is 0 Å². The number of aliphatic hydroxyl groups excluding tert-OH is 1. The Hall–Kier alpha value is -4.23. The second kappa shape index (κ2) is 11.2. The van der Waals surface area contributed by atoms with Crippen molar-refractivity contribution < 1.29 is 24.2 Å². The lowest BCUT2D eigenvalue weighted by atomic mass is 10.1. The van der Waals surface area contributed by atoms with Crippen molar-refractivity contribution in [3.8, 4) is 11.5 Å². The summed E-state index contributed by atoms with van der Waals surface area (Å²) in [5.41, 5.74) is 4.19. The minimum absolute atomic E-state index is 0.328. The lowest BCUT2D eigenvalue weighted by Crippen LogP contribution is -2.25. The molecule has 2 N–H and O–H groups in total. The molecular formula is C25H22N2O5. The molecule has 0 aliphatic heterocycles. The SMILES string of the molecule is COc1ccc(/C=C\C(=O)Oc2cccc(/C=N/NC(=O)[C@H](O)c3ccccc3)c2)cc1. The summed E-state index contributed by atoms with van der Waals surface area (Å²) < 4.78 is 10.4. The molecule has 0 saturated carbocycles. The first-order chi connectivity index (χ1) is 15.5. The van der Waals surface area contributed by atoms with Crippen LogP contribution in [0.4, 0.5) is 0 Å². The molecule has 0 bridgehead atoms. The molecule has 7 heteroatoms. The summed E-state index contributed by atoms with van der Waals surface area (Å²) in [7, 11) is 1.59. The van der Waals surface area contributed by atoms with Crippen LogP contribution in [-0.4, -0.2) is 30.3 Å². The molecule has 7 nitrogen and oxygen atoms in total. The first kappa shape index (κ1) is 22.5. The van der Waals surface area contributed by atoms with Crippen LogP contribution < -0.4 is 14.9 Å². The lowest BCUT2D eigenvalue weighted by molar-refractivity contribution is -0.130. The van der Waals surface area contributed by atoms with Crippen LogP contribution in [0.5, 0.6) is 11.5 Å². The molecule has 0 aromatic heterocycles. The Kier molecular flexibility index (Phi) is 7.89. The molecule has 0 fully saturated rings. The number of nitrogens with one attached hydrogen (secondary N) is 1. The molecule has 0 aliphatic rings. The summed E-state index contributed by atoms with van der Waals surface area (Å²) in [5, 5.41) is 13.9. The number of nitrogens with zero attached hydrogens (tertiary/aromatic N) is 1. The molecule has 0 spiro atoms. The van der Waals surface area contributed by atoms with Crippen LogP contribution in [0.2, 0.25) is 0 Å². The number of methoxy groups -OCH3 is 1. The first-order valence-electron chi connectivity index (χ1n) is 9.75. The molecular weight excluding hydrogens is 408 g/mol. The lowest BCUT2D eigenvalue weighted by Gasteiger charge is -2.08. The molecule has 3 aromatic rings. The maximum absolute atomic E-state index is 12.1. The van der Waals surface area contributed by atoms with Gasteiger partial charge in [-0.3, -0.25) is 4.79 Å². The van der Waals surface area contributed by atoms with Gasteiger partial charge in [-0.15, -0.1) is 0 Å². The Balaban J connectivity index is 1.54. The van der Waals surface area contributed by atoms with Crippen molar-refractivity contribution in [3.05, 3.63) is 102 Å². The van der Waals surface area contributed by atoms with Crippen molar-refractivity contribution in [2.24, 2.45) is 5.10 Å². The standard InChI is InChI=1S/C25H22N2O5/c1-31-21-13-10-18(11-14-21)12-15-23(28)32-22-9-5-6-19(16-22)17-26-27-25(30)24(29)20-7-3-2-4-8-20/h2-17,24,29H,1H3,(H,27,30)/b15-12-,26-17+/t24-/m1/s1. The predicted molar refractivity (Wildman–Crippen MR) is 121 cm³/mol. The number of aliphatic hydroxyl groups is 1. The van der Waals surface area contributed by atoms with E-state index < -0.39 is 18.0 Å². The molecule has 0 radical (unpaired) electrons. The van der Waals surface area contributed by atoms with E-state index in [9.17, 15) is 14.7 Å². The molecule has 162 valence electrons. The second-order valence-corrected chi connectivity index (χ2v) is 6.65. The van der Waals surface area contributed by atoms with Crippen molar-refractivity contribution in [3.63, 3.8) is 0 Å². The number of carbonyl (C=O) groups excluding carboxylic acids is 2. The summed E-state index contributed by atoms with van der Waals surface area (Å²) >= 11 is 0. The van der Waals surface area contributed by atoms with E-state index in [1.165, 1.54) is 12.3 Å². The fourth-order valence-electron chi connectivity index (χ4n) is 2.71. The normalized spacial score (nSPS) is 11.9. The Bertz CT molecular complexity index is 1110. The van der Waals surface area contributed by atoms with Crippen molar-refractivity contribution >= 4 is 24.2 Å². The summed E-state index contributed by atoms with van der Waals surface area (Å²) in [6.07, 6.45) is 3.03. The number of hydrogen-bond donors (Lipinski definition) is 2. The third-order valence-electron chi connectivity index (χ3n) is 4.36. The van der Waals surface area contributed by atoms with Crippen LogP contribution in [0.3, 0.4) is 0 Å². The van der Waals surface area contributed by atoms with E-state index in [0.717, 1.165) is 11.3 Å². The van der Waals surface area contributed by atoms with Crippen LogP contribution in [-0.2, 0) is 9.59 Å².